The van der Waals surface area contributed by atoms with Gasteiger partial charge in [-0.05, 0) is 31.5 Å². The van der Waals surface area contributed by atoms with Gasteiger partial charge in [0.05, 0.1) is 24.5 Å². The van der Waals surface area contributed by atoms with Crippen molar-refractivity contribution in [3.05, 3.63) is 41.5 Å². The minimum Gasteiger partial charge on any atom is -0.394 e. The highest BCUT2D eigenvalue weighted by atomic mass is 32.2. The van der Waals surface area contributed by atoms with Crippen LogP contribution in [0.4, 0.5) is 0 Å². The number of hydrogen-bond acceptors (Lipinski definition) is 5. The fraction of sp³-hybridized carbons (Fsp3) is 0.385. The van der Waals surface area contributed by atoms with Crippen LogP contribution in [0.2, 0.25) is 0 Å². The van der Waals surface area contributed by atoms with Gasteiger partial charge in [-0.1, -0.05) is 0 Å². The highest BCUT2D eigenvalue weighted by molar-refractivity contribution is 7.89. The predicted octanol–water partition coefficient (Wildman–Crippen LogP) is 0.366. The summed E-state index contributed by atoms with van der Waals surface area (Å²) < 4.78 is 28.9. The molecule has 2 aromatic rings. The van der Waals surface area contributed by atoms with Crippen molar-refractivity contribution in [2.75, 3.05) is 6.61 Å². The third kappa shape index (κ3) is 3.46. The molecule has 0 aliphatic carbocycles. The van der Waals surface area contributed by atoms with Gasteiger partial charge in [-0.15, -0.1) is 0 Å². The molecule has 0 saturated carbocycles. The minimum absolute atomic E-state index is 0.0914. The van der Waals surface area contributed by atoms with Crippen LogP contribution in [-0.2, 0) is 23.1 Å². The van der Waals surface area contributed by atoms with Gasteiger partial charge in [0.2, 0.25) is 10.0 Å². The number of aryl methyl sites for hydroxylation is 1. The van der Waals surface area contributed by atoms with Gasteiger partial charge in [0.25, 0.3) is 0 Å². The first-order chi connectivity index (χ1) is 9.95. The Morgan fingerprint density at radius 3 is 2.57 bits per heavy atom. The minimum atomic E-state index is -3.65. The molecule has 0 aromatic carbocycles. The molecule has 21 heavy (non-hydrogen) atoms. The van der Waals surface area contributed by atoms with Crippen molar-refractivity contribution in [3.8, 4) is 0 Å². The molecule has 2 N–H and O–H groups in total. The van der Waals surface area contributed by atoms with Crippen LogP contribution in [0.25, 0.3) is 0 Å². The van der Waals surface area contributed by atoms with Crippen molar-refractivity contribution in [2.45, 2.75) is 31.8 Å². The molecule has 2 aromatic heterocycles. The monoisotopic (exact) mass is 310 g/mol. The summed E-state index contributed by atoms with van der Waals surface area (Å²) in [6.07, 6.45) is 3.22. The lowest BCUT2D eigenvalue weighted by Crippen LogP contribution is -2.24. The molecule has 0 saturated heterocycles. The Morgan fingerprint density at radius 1 is 1.29 bits per heavy atom. The molecule has 0 amide bonds. The highest BCUT2D eigenvalue weighted by Crippen LogP contribution is 2.19. The average molecular weight is 310 g/mol. The van der Waals surface area contributed by atoms with E-state index < -0.39 is 10.0 Å². The molecule has 0 unspecified atom stereocenters. The van der Waals surface area contributed by atoms with Crippen LogP contribution in [0, 0.1) is 13.8 Å². The first kappa shape index (κ1) is 15.6. The molecule has 0 bridgehead atoms. The summed E-state index contributed by atoms with van der Waals surface area (Å²) in [5, 5.41) is 13.1. The topological polar surface area (TPSA) is 97.1 Å². The van der Waals surface area contributed by atoms with Crippen molar-refractivity contribution in [1.82, 2.24) is 19.5 Å². The molecular formula is C13H18N4O3S. The Kier molecular flexibility index (Phi) is 4.71. The maximum Gasteiger partial charge on any atom is 0.244 e. The molecule has 114 valence electrons. The molecule has 0 radical (unpaired) electrons. The fourth-order valence-corrected chi connectivity index (χ4v) is 3.56. The summed E-state index contributed by atoms with van der Waals surface area (Å²) in [7, 11) is -3.65. The molecule has 2 rings (SSSR count). The van der Waals surface area contributed by atoms with Gasteiger partial charge in [0, 0.05) is 18.9 Å². The van der Waals surface area contributed by atoms with E-state index in [1.165, 1.54) is 4.68 Å². The third-order valence-corrected chi connectivity index (χ3v) is 4.76. The smallest absolute Gasteiger partial charge is 0.244 e. The quantitative estimate of drug-likeness (QED) is 0.803. The molecule has 7 nitrogen and oxygen atoms in total. The summed E-state index contributed by atoms with van der Waals surface area (Å²) in [5.74, 6) is 0. The fourth-order valence-electron chi connectivity index (χ4n) is 2.13. The van der Waals surface area contributed by atoms with Gasteiger partial charge in [0.1, 0.15) is 4.90 Å². The van der Waals surface area contributed by atoms with E-state index in [1.54, 1.807) is 38.4 Å². The van der Waals surface area contributed by atoms with Crippen molar-refractivity contribution >= 4 is 10.0 Å². The van der Waals surface area contributed by atoms with Gasteiger partial charge in [0.15, 0.2) is 0 Å². The van der Waals surface area contributed by atoms with Crippen molar-refractivity contribution in [2.24, 2.45) is 0 Å². The van der Waals surface area contributed by atoms with Gasteiger partial charge < -0.3 is 5.11 Å². The molecule has 2 heterocycles. The highest BCUT2D eigenvalue weighted by Gasteiger charge is 2.24. The SMILES string of the molecule is Cc1nn(CCO)c(C)c1S(=O)(=O)NCc1ccncc1. The Bertz CT molecular complexity index is 711. The molecule has 8 heteroatoms. The molecule has 0 atom stereocenters. The predicted molar refractivity (Wildman–Crippen MR) is 77.0 cm³/mol. The van der Waals surface area contributed by atoms with Crippen molar-refractivity contribution in [1.29, 1.82) is 0 Å². The van der Waals surface area contributed by atoms with Crippen LogP contribution in [0.1, 0.15) is 17.0 Å². The van der Waals surface area contributed by atoms with E-state index in [4.69, 9.17) is 5.11 Å². The second kappa shape index (κ2) is 6.33. The van der Waals surface area contributed by atoms with Crippen LogP contribution in [-0.4, -0.2) is 34.9 Å². The maximum absolute atomic E-state index is 12.4. The molecule has 0 aliphatic heterocycles. The van der Waals surface area contributed by atoms with Gasteiger partial charge in [-0.25, -0.2) is 13.1 Å². The number of aromatic nitrogens is 3. The normalized spacial score (nSPS) is 11.8. The zero-order valence-electron chi connectivity index (χ0n) is 11.9. The number of aliphatic hydroxyl groups is 1. The van der Waals surface area contributed by atoms with Gasteiger partial charge in [-0.3, -0.25) is 9.67 Å². The maximum atomic E-state index is 12.4. The number of hydrogen-bond donors (Lipinski definition) is 2. The molecule has 0 spiro atoms. The van der Waals surface area contributed by atoms with Crippen LogP contribution in [0.3, 0.4) is 0 Å². The Morgan fingerprint density at radius 2 is 1.95 bits per heavy atom. The van der Waals surface area contributed by atoms with E-state index in [9.17, 15) is 8.42 Å². The summed E-state index contributed by atoms with van der Waals surface area (Å²) in [6.45, 7) is 3.69. The number of aliphatic hydroxyl groups excluding tert-OH is 1. The number of sulfonamides is 1. The summed E-state index contributed by atoms with van der Waals surface area (Å²) in [6, 6.07) is 3.49. The van der Waals surface area contributed by atoms with Gasteiger partial charge >= 0.3 is 0 Å². The second-order valence-corrected chi connectivity index (χ2v) is 6.33. The Balaban J connectivity index is 2.24. The zero-order valence-corrected chi connectivity index (χ0v) is 12.8. The standard InChI is InChI=1S/C13H18N4O3S/c1-10-13(11(2)17(16-10)7-8-18)21(19,20)15-9-12-3-5-14-6-4-12/h3-6,15,18H,7-9H2,1-2H3. The number of pyridine rings is 1. The zero-order chi connectivity index (χ0) is 15.5. The van der Waals surface area contributed by atoms with Crippen LogP contribution < -0.4 is 4.72 Å². The lowest BCUT2D eigenvalue weighted by Gasteiger charge is -2.07. The molecular weight excluding hydrogens is 292 g/mol. The van der Waals surface area contributed by atoms with Crippen molar-refractivity contribution < 1.29 is 13.5 Å². The lowest BCUT2D eigenvalue weighted by molar-refractivity contribution is 0.267. The summed E-state index contributed by atoms with van der Waals surface area (Å²) in [4.78, 5) is 4.06. The summed E-state index contributed by atoms with van der Waals surface area (Å²) >= 11 is 0. The Hall–Kier alpha value is -1.77. The largest absolute Gasteiger partial charge is 0.394 e. The second-order valence-electron chi connectivity index (χ2n) is 4.63. The van der Waals surface area contributed by atoms with E-state index in [0.717, 1.165) is 5.56 Å². The van der Waals surface area contributed by atoms with E-state index in [0.29, 0.717) is 11.4 Å². The molecule has 0 aliphatic rings. The van der Waals surface area contributed by atoms with Crippen LogP contribution >= 0.6 is 0 Å². The average Bonchev–Trinajstić information content (AvgIpc) is 2.73. The Labute approximate surface area is 123 Å². The van der Waals surface area contributed by atoms with Gasteiger partial charge in [-0.2, -0.15) is 5.10 Å². The van der Waals surface area contributed by atoms with E-state index in [2.05, 4.69) is 14.8 Å². The van der Waals surface area contributed by atoms with Crippen molar-refractivity contribution in [3.63, 3.8) is 0 Å². The number of rotatable bonds is 6. The first-order valence-electron chi connectivity index (χ1n) is 6.49. The summed E-state index contributed by atoms with van der Waals surface area (Å²) in [5.41, 5.74) is 1.76. The first-order valence-corrected chi connectivity index (χ1v) is 7.97. The number of nitrogens with zero attached hydrogens (tertiary/aromatic N) is 3. The van der Waals surface area contributed by atoms with E-state index in [1.807, 2.05) is 0 Å². The van der Waals surface area contributed by atoms with Crippen LogP contribution in [0.5, 0.6) is 0 Å². The van der Waals surface area contributed by atoms with E-state index >= 15 is 0 Å². The van der Waals surface area contributed by atoms with E-state index in [-0.39, 0.29) is 24.6 Å². The lowest BCUT2D eigenvalue weighted by atomic mass is 10.3. The number of nitrogens with one attached hydrogen (secondary N) is 1. The molecule has 0 fully saturated rings. The van der Waals surface area contributed by atoms with Crippen LogP contribution in [0.15, 0.2) is 29.4 Å². The third-order valence-electron chi connectivity index (χ3n) is 3.11.